The molecule has 1 heterocycles. The summed E-state index contributed by atoms with van der Waals surface area (Å²) >= 11 is 0. The third-order valence-corrected chi connectivity index (χ3v) is 4.52. The fourth-order valence-electron chi connectivity index (χ4n) is 3.44. The van der Waals surface area contributed by atoms with Crippen LogP contribution in [0.2, 0.25) is 0 Å². The summed E-state index contributed by atoms with van der Waals surface area (Å²) in [6.45, 7) is 4.47. The lowest BCUT2D eigenvalue weighted by atomic mass is 9.95. The van der Waals surface area contributed by atoms with Gasteiger partial charge in [-0.05, 0) is 39.2 Å². The molecule has 0 saturated heterocycles. The van der Waals surface area contributed by atoms with E-state index in [0.717, 1.165) is 17.0 Å². The number of aliphatic carboxylic acids is 1. The molecule has 1 aromatic heterocycles. The van der Waals surface area contributed by atoms with Gasteiger partial charge >= 0.3 is 5.97 Å². The Balaban J connectivity index is 2.02. The molecule has 1 saturated carbocycles. The largest absolute Gasteiger partial charge is 0.481 e. The number of carbonyl (C=O) groups excluding carboxylic acids is 1. The number of carboxylic acids is 1. The average molecular weight is 306 g/mol. The molecule has 5 nitrogen and oxygen atoms in total. The summed E-state index contributed by atoms with van der Waals surface area (Å²) in [4.78, 5) is 22.8. The van der Waals surface area contributed by atoms with Crippen LogP contribution in [0.4, 0.5) is 0 Å². The summed E-state index contributed by atoms with van der Waals surface area (Å²) in [7, 11) is 0. The van der Waals surface area contributed by atoms with Gasteiger partial charge in [-0.1, -0.05) is 19.3 Å². The van der Waals surface area contributed by atoms with Crippen LogP contribution in [-0.2, 0) is 4.79 Å². The van der Waals surface area contributed by atoms with E-state index in [1.807, 2.05) is 13.0 Å². The van der Waals surface area contributed by atoms with E-state index in [1.54, 1.807) is 0 Å². The molecule has 5 heteroatoms. The van der Waals surface area contributed by atoms with Gasteiger partial charge in [-0.2, -0.15) is 0 Å². The van der Waals surface area contributed by atoms with Crippen LogP contribution in [0.15, 0.2) is 6.07 Å². The minimum atomic E-state index is -0.829. The van der Waals surface area contributed by atoms with E-state index >= 15 is 0 Å². The van der Waals surface area contributed by atoms with Gasteiger partial charge in [-0.3, -0.25) is 9.59 Å². The van der Waals surface area contributed by atoms with Crippen LogP contribution < -0.4 is 5.32 Å². The maximum absolute atomic E-state index is 12.3. The number of carbonyl (C=O) groups is 2. The first kappa shape index (κ1) is 16.6. The highest BCUT2D eigenvalue weighted by molar-refractivity contribution is 5.95. The number of aromatic nitrogens is 1. The van der Waals surface area contributed by atoms with Gasteiger partial charge in [0.2, 0.25) is 0 Å². The fraction of sp³-hybridized carbons (Fsp3) is 0.647. The van der Waals surface area contributed by atoms with Gasteiger partial charge in [0.1, 0.15) is 0 Å². The molecule has 1 fully saturated rings. The van der Waals surface area contributed by atoms with Crippen molar-refractivity contribution < 1.29 is 14.7 Å². The van der Waals surface area contributed by atoms with Crippen LogP contribution in [0, 0.1) is 13.8 Å². The van der Waals surface area contributed by atoms with Gasteiger partial charge in [0.25, 0.3) is 5.91 Å². The normalized spacial score (nSPS) is 15.7. The second-order valence-electron chi connectivity index (χ2n) is 6.20. The van der Waals surface area contributed by atoms with E-state index in [2.05, 4.69) is 16.8 Å². The van der Waals surface area contributed by atoms with E-state index in [0.29, 0.717) is 19.0 Å². The summed E-state index contributed by atoms with van der Waals surface area (Å²) in [5, 5.41) is 11.4. The smallest absolute Gasteiger partial charge is 0.303 e. The van der Waals surface area contributed by atoms with Crippen molar-refractivity contribution in [2.24, 2.45) is 0 Å². The minimum absolute atomic E-state index is 0.0847. The predicted molar refractivity (Wildman–Crippen MR) is 85.2 cm³/mol. The van der Waals surface area contributed by atoms with Crippen molar-refractivity contribution in [2.45, 2.75) is 64.8 Å². The zero-order valence-electron chi connectivity index (χ0n) is 13.5. The number of aryl methyl sites for hydroxylation is 1. The molecule has 2 rings (SSSR count). The molecule has 0 spiro atoms. The van der Waals surface area contributed by atoms with E-state index < -0.39 is 5.97 Å². The molecule has 1 aromatic rings. The third-order valence-electron chi connectivity index (χ3n) is 4.52. The molecular formula is C17H26N2O3. The van der Waals surface area contributed by atoms with E-state index in [1.165, 1.54) is 32.1 Å². The molecule has 1 aliphatic carbocycles. The van der Waals surface area contributed by atoms with Crippen molar-refractivity contribution in [1.82, 2.24) is 9.88 Å². The van der Waals surface area contributed by atoms with E-state index in [4.69, 9.17) is 5.11 Å². The lowest BCUT2D eigenvalue weighted by molar-refractivity contribution is -0.137. The number of nitrogens with zero attached hydrogens (tertiary/aromatic N) is 1. The van der Waals surface area contributed by atoms with Crippen LogP contribution in [0.25, 0.3) is 0 Å². The number of amides is 1. The highest BCUT2D eigenvalue weighted by atomic mass is 16.4. The van der Waals surface area contributed by atoms with Crippen LogP contribution in [0.5, 0.6) is 0 Å². The quantitative estimate of drug-likeness (QED) is 0.793. The first-order chi connectivity index (χ1) is 10.5. The van der Waals surface area contributed by atoms with E-state index in [-0.39, 0.29) is 12.3 Å². The Morgan fingerprint density at radius 1 is 1.27 bits per heavy atom. The lowest BCUT2D eigenvalue weighted by Gasteiger charge is -2.26. The van der Waals surface area contributed by atoms with Crippen LogP contribution in [0.3, 0.4) is 0 Å². The Bertz CT molecular complexity index is 542. The molecule has 1 amide bonds. The summed E-state index contributed by atoms with van der Waals surface area (Å²) in [5.41, 5.74) is 2.89. The highest BCUT2D eigenvalue weighted by Gasteiger charge is 2.22. The van der Waals surface area contributed by atoms with Crippen LogP contribution in [-0.4, -0.2) is 28.1 Å². The van der Waals surface area contributed by atoms with Crippen molar-refractivity contribution in [1.29, 1.82) is 0 Å². The van der Waals surface area contributed by atoms with Gasteiger partial charge in [0.05, 0.1) is 5.56 Å². The third kappa shape index (κ3) is 3.90. The molecular weight excluding hydrogens is 280 g/mol. The lowest BCUT2D eigenvalue weighted by Crippen LogP contribution is -2.25. The molecule has 0 bridgehead atoms. The maximum atomic E-state index is 12.3. The van der Waals surface area contributed by atoms with Crippen molar-refractivity contribution in [3.63, 3.8) is 0 Å². The van der Waals surface area contributed by atoms with Gasteiger partial charge in [-0.15, -0.1) is 0 Å². The zero-order valence-corrected chi connectivity index (χ0v) is 13.5. The Morgan fingerprint density at radius 3 is 2.59 bits per heavy atom. The van der Waals surface area contributed by atoms with Crippen LogP contribution >= 0.6 is 0 Å². The summed E-state index contributed by atoms with van der Waals surface area (Å²) in [6.07, 6.45) is 6.76. The first-order valence-corrected chi connectivity index (χ1v) is 8.19. The van der Waals surface area contributed by atoms with Gasteiger partial charge in [0, 0.05) is 30.4 Å². The second kappa shape index (κ2) is 7.47. The first-order valence-electron chi connectivity index (χ1n) is 8.19. The minimum Gasteiger partial charge on any atom is -0.481 e. The summed E-state index contributed by atoms with van der Waals surface area (Å²) < 4.78 is 2.31. The zero-order chi connectivity index (χ0) is 16.1. The SMILES string of the molecule is Cc1cc(C(=O)NCCCC(=O)O)c(C)n1C1CCCCC1. The number of nitrogens with one attached hydrogen (secondary N) is 1. The van der Waals surface area contributed by atoms with Crippen LogP contribution in [0.1, 0.15) is 72.7 Å². The second-order valence-corrected chi connectivity index (χ2v) is 6.20. The monoisotopic (exact) mass is 306 g/mol. The molecule has 0 radical (unpaired) electrons. The summed E-state index contributed by atoms with van der Waals surface area (Å²) in [6, 6.07) is 2.47. The maximum Gasteiger partial charge on any atom is 0.303 e. The standard InChI is InChI=1S/C17H26N2O3/c1-12-11-15(17(22)18-10-6-9-16(20)21)13(2)19(12)14-7-4-3-5-8-14/h11,14H,3-10H2,1-2H3,(H,18,22)(H,20,21). The Morgan fingerprint density at radius 2 is 1.95 bits per heavy atom. The Hall–Kier alpha value is -1.78. The molecule has 122 valence electrons. The molecule has 22 heavy (non-hydrogen) atoms. The number of carboxylic acid groups (broad SMARTS) is 1. The number of rotatable bonds is 6. The van der Waals surface area contributed by atoms with Crippen molar-refractivity contribution in [3.8, 4) is 0 Å². The topological polar surface area (TPSA) is 71.3 Å². The average Bonchev–Trinajstić information content (AvgIpc) is 2.79. The number of hydrogen-bond donors (Lipinski definition) is 2. The molecule has 0 aromatic carbocycles. The molecule has 2 N–H and O–H groups in total. The Labute approximate surface area is 131 Å². The molecule has 0 unspecified atom stereocenters. The number of hydrogen-bond acceptors (Lipinski definition) is 2. The van der Waals surface area contributed by atoms with Crippen molar-refractivity contribution in [3.05, 3.63) is 23.0 Å². The fourth-order valence-corrected chi connectivity index (χ4v) is 3.44. The van der Waals surface area contributed by atoms with Crippen molar-refractivity contribution in [2.75, 3.05) is 6.54 Å². The van der Waals surface area contributed by atoms with Crippen molar-refractivity contribution >= 4 is 11.9 Å². The van der Waals surface area contributed by atoms with Gasteiger partial charge < -0.3 is 15.0 Å². The molecule has 1 aliphatic rings. The predicted octanol–water partition coefficient (Wildman–Crippen LogP) is 3.20. The van der Waals surface area contributed by atoms with Gasteiger partial charge in [-0.25, -0.2) is 0 Å². The van der Waals surface area contributed by atoms with E-state index in [9.17, 15) is 9.59 Å². The highest BCUT2D eigenvalue weighted by Crippen LogP contribution is 2.32. The van der Waals surface area contributed by atoms with Gasteiger partial charge in [0.15, 0.2) is 0 Å². The molecule has 0 atom stereocenters. The Kier molecular flexibility index (Phi) is 5.63. The summed E-state index contributed by atoms with van der Waals surface area (Å²) in [5.74, 6) is -0.926. The molecule has 0 aliphatic heterocycles.